The fraction of sp³-hybridized carbons (Fsp3) is 0.211. The molecule has 2 aromatic rings. The van der Waals surface area contributed by atoms with Crippen LogP contribution in [0.5, 0.6) is 0 Å². The zero-order valence-corrected chi connectivity index (χ0v) is 17.7. The van der Waals surface area contributed by atoms with Gasteiger partial charge in [0.05, 0.1) is 22.8 Å². The van der Waals surface area contributed by atoms with Crippen LogP contribution in [0.4, 0.5) is 5.69 Å². The predicted molar refractivity (Wildman–Crippen MR) is 101 cm³/mol. The molecule has 160 valence electrons. The van der Waals surface area contributed by atoms with Crippen molar-refractivity contribution in [2.24, 2.45) is 17.8 Å². The third kappa shape index (κ3) is 5.75. The molecule has 1 aliphatic rings. The molecule has 0 saturated heterocycles. The summed E-state index contributed by atoms with van der Waals surface area (Å²) in [5.41, 5.74) is 10.1. The van der Waals surface area contributed by atoms with Crippen LogP contribution in [0.3, 0.4) is 0 Å². The van der Waals surface area contributed by atoms with Crippen molar-refractivity contribution in [1.29, 1.82) is 0 Å². The SMILES string of the molecule is Cc1c(N=C2C=CC(=[N+](C)C)C=C2N)c(=O)n(-c2ccccc2)n1C.[O-][Cl+3]([O-])([O-])[O-]. The number of nitrogens with two attached hydrogens (primary N) is 1. The minimum Gasteiger partial charge on any atom is -0.397 e. The van der Waals surface area contributed by atoms with Gasteiger partial charge in [-0.15, -0.1) is 10.2 Å². The molecule has 3 rings (SSSR count). The number of hydrogen-bond donors (Lipinski definition) is 1. The number of halogens is 1. The molecule has 0 aliphatic heterocycles. The van der Waals surface area contributed by atoms with Crippen LogP contribution < -0.4 is 29.9 Å². The third-order valence-corrected chi connectivity index (χ3v) is 4.28. The van der Waals surface area contributed by atoms with Crippen molar-refractivity contribution >= 4 is 17.1 Å². The van der Waals surface area contributed by atoms with Gasteiger partial charge >= 0.3 is 0 Å². The lowest BCUT2D eigenvalue weighted by atomic mass is 10.1. The zero-order chi connectivity index (χ0) is 22.6. The second-order valence-corrected chi connectivity index (χ2v) is 7.29. The minimum atomic E-state index is -4.94. The fourth-order valence-corrected chi connectivity index (χ4v) is 2.73. The topological polar surface area (TPSA) is 161 Å². The molecular formula is C19H22ClN5O5. The molecule has 0 radical (unpaired) electrons. The van der Waals surface area contributed by atoms with E-state index >= 15 is 0 Å². The summed E-state index contributed by atoms with van der Waals surface area (Å²) in [6.07, 6.45) is 5.62. The monoisotopic (exact) mass is 435 g/mol. The Labute approximate surface area is 175 Å². The molecule has 0 bridgehead atoms. The summed E-state index contributed by atoms with van der Waals surface area (Å²) in [4.78, 5) is 17.5. The Morgan fingerprint density at radius 2 is 1.63 bits per heavy atom. The Morgan fingerprint density at radius 3 is 2.13 bits per heavy atom. The van der Waals surface area contributed by atoms with E-state index in [1.807, 2.05) is 81.2 Å². The first-order chi connectivity index (χ1) is 13.9. The second-order valence-electron chi connectivity index (χ2n) is 6.54. The number of rotatable bonds is 2. The maximum absolute atomic E-state index is 12.9. The lowest BCUT2D eigenvalue weighted by Gasteiger charge is -2.17. The van der Waals surface area contributed by atoms with Gasteiger partial charge in [-0.25, -0.2) is 32.9 Å². The van der Waals surface area contributed by atoms with Crippen molar-refractivity contribution in [1.82, 2.24) is 9.36 Å². The number of allylic oxidation sites excluding steroid dienone is 3. The van der Waals surface area contributed by atoms with Crippen LogP contribution in [0.15, 0.2) is 64.0 Å². The molecule has 1 aromatic carbocycles. The van der Waals surface area contributed by atoms with Crippen LogP contribution in [0.2, 0.25) is 0 Å². The smallest absolute Gasteiger partial charge is 0.297 e. The lowest BCUT2D eigenvalue weighted by Crippen LogP contribution is -2.68. The van der Waals surface area contributed by atoms with E-state index in [4.69, 9.17) is 24.4 Å². The van der Waals surface area contributed by atoms with Crippen LogP contribution in [-0.4, -0.2) is 39.5 Å². The van der Waals surface area contributed by atoms with Crippen molar-refractivity contribution in [2.45, 2.75) is 6.92 Å². The summed E-state index contributed by atoms with van der Waals surface area (Å²) in [6, 6.07) is 9.51. The first-order valence-corrected chi connectivity index (χ1v) is 9.88. The first-order valence-electron chi connectivity index (χ1n) is 8.64. The number of hydrogen-bond acceptors (Lipinski definition) is 7. The molecule has 0 atom stereocenters. The molecule has 0 unspecified atom stereocenters. The van der Waals surface area contributed by atoms with Crippen LogP contribution in [0.25, 0.3) is 5.69 Å². The number of para-hydroxylation sites is 1. The summed E-state index contributed by atoms with van der Waals surface area (Å²) in [6.45, 7) is 1.88. The van der Waals surface area contributed by atoms with Gasteiger partial charge in [0.25, 0.3) is 5.56 Å². The number of benzene rings is 1. The number of aliphatic imine (C=N–C) groups is 1. The van der Waals surface area contributed by atoms with Gasteiger partial charge in [-0.3, -0.25) is 9.48 Å². The summed E-state index contributed by atoms with van der Waals surface area (Å²) in [7, 11) is 0.804. The van der Waals surface area contributed by atoms with Crippen LogP contribution in [0, 0.1) is 17.2 Å². The van der Waals surface area contributed by atoms with Crippen molar-refractivity contribution in [3.8, 4) is 5.69 Å². The van der Waals surface area contributed by atoms with Gasteiger partial charge in [0.2, 0.25) is 5.71 Å². The summed E-state index contributed by atoms with van der Waals surface area (Å²) >= 11 is 0. The number of aromatic nitrogens is 2. The molecule has 0 fully saturated rings. The Bertz CT molecular complexity index is 1090. The summed E-state index contributed by atoms with van der Waals surface area (Å²) < 4.78 is 39.4. The normalized spacial score (nSPS) is 15.0. The molecule has 0 amide bonds. The molecule has 10 nitrogen and oxygen atoms in total. The zero-order valence-electron chi connectivity index (χ0n) is 16.9. The molecule has 30 heavy (non-hydrogen) atoms. The Hall–Kier alpha value is -3.02. The molecule has 2 N–H and O–H groups in total. The van der Waals surface area contributed by atoms with E-state index in [1.165, 1.54) is 0 Å². The standard InChI is InChI=1S/C19H21N5O.ClHO4/c1-13-18(21-17-11-10-15(22(2)3)12-16(17)20)19(25)24(23(13)4)14-8-6-5-7-9-14;2-1(3,4)5/h5-12,20H,1-4H3;(H,2,3,4,5). The van der Waals surface area contributed by atoms with Gasteiger partial charge in [-0.2, -0.15) is 0 Å². The van der Waals surface area contributed by atoms with Gasteiger partial charge in [0.1, 0.15) is 14.1 Å². The fourth-order valence-electron chi connectivity index (χ4n) is 2.73. The quantitative estimate of drug-likeness (QED) is 0.389. The Balaban J connectivity index is 0.000000575. The maximum Gasteiger partial charge on any atom is 0.297 e. The molecule has 1 aromatic heterocycles. The Kier molecular flexibility index (Phi) is 7.13. The van der Waals surface area contributed by atoms with E-state index in [-0.39, 0.29) is 5.56 Å². The van der Waals surface area contributed by atoms with E-state index in [1.54, 1.807) is 9.36 Å². The Morgan fingerprint density at radius 1 is 1.07 bits per heavy atom. The largest absolute Gasteiger partial charge is 0.397 e. The average Bonchev–Trinajstić information content (AvgIpc) is 2.85. The third-order valence-electron chi connectivity index (χ3n) is 4.28. The lowest BCUT2D eigenvalue weighted by molar-refractivity contribution is -2.00. The van der Waals surface area contributed by atoms with E-state index in [0.29, 0.717) is 17.1 Å². The molecule has 1 heterocycles. The van der Waals surface area contributed by atoms with Gasteiger partial charge in [0.15, 0.2) is 5.69 Å². The summed E-state index contributed by atoms with van der Waals surface area (Å²) in [5, 5.41) is 0. The highest BCUT2D eigenvalue weighted by Gasteiger charge is 2.18. The maximum atomic E-state index is 12.9. The predicted octanol–water partition coefficient (Wildman–Crippen LogP) is -3.07. The second kappa shape index (κ2) is 9.20. The van der Waals surface area contributed by atoms with Crippen molar-refractivity contribution < 1.29 is 33.5 Å². The molecule has 0 spiro atoms. The van der Waals surface area contributed by atoms with E-state index in [9.17, 15) is 4.79 Å². The minimum absolute atomic E-state index is 0.165. The van der Waals surface area contributed by atoms with Crippen molar-refractivity contribution in [3.63, 3.8) is 0 Å². The van der Waals surface area contributed by atoms with E-state index < -0.39 is 10.2 Å². The average molecular weight is 436 g/mol. The molecule has 1 aliphatic carbocycles. The summed E-state index contributed by atoms with van der Waals surface area (Å²) in [5.74, 6) is 0. The molecular weight excluding hydrogens is 414 g/mol. The van der Waals surface area contributed by atoms with E-state index in [0.717, 1.165) is 17.1 Å². The highest BCUT2D eigenvalue weighted by Crippen LogP contribution is 2.18. The molecule has 11 heteroatoms. The van der Waals surface area contributed by atoms with Crippen LogP contribution >= 0.6 is 0 Å². The number of nitrogens with zero attached hydrogens (tertiary/aromatic N) is 4. The van der Waals surface area contributed by atoms with E-state index in [2.05, 4.69) is 4.99 Å². The highest BCUT2D eigenvalue weighted by atomic mass is 35.7. The first kappa shape index (κ1) is 23.3. The van der Waals surface area contributed by atoms with Gasteiger partial charge in [0, 0.05) is 19.2 Å². The van der Waals surface area contributed by atoms with Gasteiger partial charge in [-0.1, -0.05) is 18.2 Å². The highest BCUT2D eigenvalue weighted by molar-refractivity contribution is 6.20. The van der Waals surface area contributed by atoms with Crippen LogP contribution in [0.1, 0.15) is 5.69 Å². The van der Waals surface area contributed by atoms with Gasteiger partial charge < -0.3 is 5.73 Å². The van der Waals surface area contributed by atoms with Crippen LogP contribution in [-0.2, 0) is 7.05 Å². The van der Waals surface area contributed by atoms with Crippen molar-refractivity contribution in [2.75, 3.05) is 14.1 Å². The van der Waals surface area contributed by atoms with Gasteiger partial charge in [-0.05, 0) is 25.1 Å². The molecule has 0 saturated carbocycles. The van der Waals surface area contributed by atoms with Crippen molar-refractivity contribution in [3.05, 3.63) is 70.3 Å².